The summed E-state index contributed by atoms with van der Waals surface area (Å²) in [7, 11) is 0. The molecule has 0 spiro atoms. The van der Waals surface area contributed by atoms with Crippen LogP contribution in [0.3, 0.4) is 0 Å². The van der Waals surface area contributed by atoms with E-state index < -0.39 is 0 Å². The van der Waals surface area contributed by atoms with Crippen LogP contribution in [-0.2, 0) is 0 Å². The van der Waals surface area contributed by atoms with Crippen LogP contribution in [0.15, 0.2) is 15.9 Å². The fraction of sp³-hybridized carbons (Fsp3) is 0.667. The Morgan fingerprint density at radius 2 is 2.20 bits per heavy atom. The average molecular weight is 289 g/mol. The van der Waals surface area contributed by atoms with Gasteiger partial charge in [0.15, 0.2) is 0 Å². The Morgan fingerprint density at radius 1 is 1.53 bits per heavy atom. The molecule has 2 unspecified atom stereocenters. The molecule has 0 amide bonds. The third-order valence-corrected chi connectivity index (χ3v) is 5.87. The highest BCUT2D eigenvalue weighted by atomic mass is 79.9. The number of aliphatic hydroxyl groups excluding tert-OH is 1. The van der Waals surface area contributed by atoms with E-state index in [-0.39, 0.29) is 11.5 Å². The maximum Gasteiger partial charge on any atom is 0.0608 e. The largest absolute Gasteiger partial charge is 0.393 e. The molecule has 0 aliphatic heterocycles. The smallest absolute Gasteiger partial charge is 0.0608 e. The van der Waals surface area contributed by atoms with Gasteiger partial charge in [-0.2, -0.15) is 0 Å². The first-order chi connectivity index (χ1) is 7.14. The van der Waals surface area contributed by atoms with Crippen molar-refractivity contribution < 1.29 is 5.11 Å². The van der Waals surface area contributed by atoms with E-state index in [2.05, 4.69) is 41.2 Å². The van der Waals surface area contributed by atoms with Gasteiger partial charge in [0, 0.05) is 26.1 Å². The summed E-state index contributed by atoms with van der Waals surface area (Å²) in [6, 6.07) is 2.21. The predicted molar refractivity (Wildman–Crippen MR) is 68.4 cm³/mol. The van der Waals surface area contributed by atoms with Crippen LogP contribution >= 0.6 is 27.3 Å². The molecule has 1 aliphatic rings. The maximum absolute atomic E-state index is 9.99. The Morgan fingerprint density at radius 3 is 2.60 bits per heavy atom. The van der Waals surface area contributed by atoms with Gasteiger partial charge in [0.05, 0.1) is 6.10 Å². The molecule has 2 atom stereocenters. The SMILES string of the molecule is CCC1(CC)C(O)CC1c1cc(Br)cs1. The van der Waals surface area contributed by atoms with Gasteiger partial charge >= 0.3 is 0 Å². The van der Waals surface area contributed by atoms with Crippen molar-refractivity contribution in [3.05, 3.63) is 20.8 Å². The summed E-state index contributed by atoms with van der Waals surface area (Å²) >= 11 is 5.31. The molecule has 1 aliphatic carbocycles. The first-order valence-electron chi connectivity index (χ1n) is 5.56. The van der Waals surface area contributed by atoms with Gasteiger partial charge in [-0.15, -0.1) is 11.3 Å². The zero-order chi connectivity index (χ0) is 11.1. The summed E-state index contributed by atoms with van der Waals surface area (Å²) in [6.07, 6.45) is 2.99. The van der Waals surface area contributed by atoms with Gasteiger partial charge in [-0.3, -0.25) is 0 Å². The van der Waals surface area contributed by atoms with Crippen LogP contribution in [0.2, 0.25) is 0 Å². The molecular formula is C12H17BrOS. The van der Waals surface area contributed by atoms with Gasteiger partial charge in [-0.1, -0.05) is 13.8 Å². The van der Waals surface area contributed by atoms with Gasteiger partial charge in [-0.25, -0.2) is 0 Å². The number of hydrogen-bond acceptors (Lipinski definition) is 2. The third-order valence-electron chi connectivity index (χ3n) is 4.06. The molecule has 1 aromatic rings. The first kappa shape index (κ1) is 11.6. The van der Waals surface area contributed by atoms with Crippen molar-refractivity contribution in [1.82, 2.24) is 0 Å². The van der Waals surface area contributed by atoms with Crippen LogP contribution in [0.25, 0.3) is 0 Å². The first-order valence-corrected chi connectivity index (χ1v) is 7.23. The molecule has 0 saturated heterocycles. The number of hydrogen-bond donors (Lipinski definition) is 1. The van der Waals surface area contributed by atoms with Gasteiger partial charge in [0.2, 0.25) is 0 Å². The summed E-state index contributed by atoms with van der Waals surface area (Å²) < 4.78 is 1.17. The lowest BCUT2D eigenvalue weighted by atomic mass is 9.54. The summed E-state index contributed by atoms with van der Waals surface area (Å²) in [6.45, 7) is 4.39. The van der Waals surface area contributed by atoms with Crippen molar-refractivity contribution in [2.75, 3.05) is 0 Å². The fourth-order valence-electron chi connectivity index (χ4n) is 2.89. The quantitative estimate of drug-likeness (QED) is 0.885. The minimum atomic E-state index is -0.0987. The van der Waals surface area contributed by atoms with Crippen molar-refractivity contribution in [1.29, 1.82) is 0 Å². The van der Waals surface area contributed by atoms with Crippen molar-refractivity contribution in [2.24, 2.45) is 5.41 Å². The zero-order valence-corrected chi connectivity index (χ0v) is 11.6. The Kier molecular flexibility index (Phi) is 3.25. The van der Waals surface area contributed by atoms with Gasteiger partial charge < -0.3 is 5.11 Å². The van der Waals surface area contributed by atoms with Crippen LogP contribution < -0.4 is 0 Å². The lowest BCUT2D eigenvalue weighted by Crippen LogP contribution is -2.50. The highest BCUT2D eigenvalue weighted by Crippen LogP contribution is 2.58. The van der Waals surface area contributed by atoms with Crippen LogP contribution in [0, 0.1) is 5.41 Å². The summed E-state index contributed by atoms with van der Waals surface area (Å²) in [5, 5.41) is 12.1. The molecule has 0 aromatic carbocycles. The summed E-state index contributed by atoms with van der Waals surface area (Å²) in [5.74, 6) is 0.568. The summed E-state index contributed by atoms with van der Waals surface area (Å²) in [5.41, 5.74) is 0.143. The van der Waals surface area contributed by atoms with E-state index in [1.807, 2.05) is 11.3 Å². The van der Waals surface area contributed by atoms with Gasteiger partial charge in [0.1, 0.15) is 0 Å². The molecule has 15 heavy (non-hydrogen) atoms. The van der Waals surface area contributed by atoms with Crippen molar-refractivity contribution in [2.45, 2.75) is 45.1 Å². The molecule has 1 heterocycles. The summed E-state index contributed by atoms with van der Waals surface area (Å²) in [4.78, 5) is 1.43. The molecule has 1 saturated carbocycles. The fourth-order valence-corrected chi connectivity index (χ4v) is 4.57. The van der Waals surface area contributed by atoms with Crippen LogP contribution in [0.4, 0.5) is 0 Å². The van der Waals surface area contributed by atoms with E-state index in [0.29, 0.717) is 5.92 Å². The van der Waals surface area contributed by atoms with Gasteiger partial charge in [0.25, 0.3) is 0 Å². The zero-order valence-electron chi connectivity index (χ0n) is 9.16. The van der Waals surface area contributed by atoms with E-state index >= 15 is 0 Å². The molecule has 0 radical (unpaired) electrons. The highest BCUT2D eigenvalue weighted by Gasteiger charge is 2.52. The Labute approximate surface area is 104 Å². The third kappa shape index (κ3) is 1.69. The van der Waals surface area contributed by atoms with E-state index in [0.717, 1.165) is 19.3 Å². The number of halogens is 1. The topological polar surface area (TPSA) is 20.2 Å². The minimum Gasteiger partial charge on any atom is -0.393 e. The van der Waals surface area contributed by atoms with Crippen LogP contribution in [0.1, 0.15) is 43.9 Å². The molecular weight excluding hydrogens is 272 g/mol. The number of thiophene rings is 1. The monoisotopic (exact) mass is 288 g/mol. The molecule has 2 rings (SSSR count). The van der Waals surface area contributed by atoms with Crippen molar-refractivity contribution in [3.8, 4) is 0 Å². The second-order valence-corrected chi connectivity index (χ2v) is 6.27. The molecule has 3 heteroatoms. The van der Waals surface area contributed by atoms with Crippen molar-refractivity contribution in [3.63, 3.8) is 0 Å². The molecule has 0 bridgehead atoms. The second-order valence-electron chi connectivity index (χ2n) is 4.41. The second kappa shape index (κ2) is 4.19. The normalized spacial score (nSPS) is 28.8. The highest BCUT2D eigenvalue weighted by molar-refractivity contribution is 9.10. The average Bonchev–Trinajstić information content (AvgIpc) is 2.63. The Balaban J connectivity index is 2.25. The molecule has 1 N–H and O–H groups in total. The lowest BCUT2D eigenvalue weighted by Gasteiger charge is -2.53. The van der Waals surface area contributed by atoms with E-state index in [4.69, 9.17) is 0 Å². The minimum absolute atomic E-state index is 0.0987. The Bertz CT molecular complexity index is 343. The van der Waals surface area contributed by atoms with E-state index in [1.165, 1.54) is 9.35 Å². The lowest BCUT2D eigenvalue weighted by molar-refractivity contribution is -0.0920. The number of rotatable bonds is 3. The van der Waals surface area contributed by atoms with E-state index in [9.17, 15) is 5.11 Å². The predicted octanol–water partition coefficient (Wildman–Crippen LogP) is 4.17. The van der Waals surface area contributed by atoms with Crippen LogP contribution in [0.5, 0.6) is 0 Å². The molecule has 84 valence electrons. The molecule has 1 aromatic heterocycles. The van der Waals surface area contributed by atoms with E-state index in [1.54, 1.807) is 0 Å². The van der Waals surface area contributed by atoms with Crippen LogP contribution in [-0.4, -0.2) is 11.2 Å². The molecule has 1 fully saturated rings. The Hall–Kier alpha value is 0.140. The van der Waals surface area contributed by atoms with Gasteiger partial charge in [-0.05, 0) is 41.3 Å². The standard InChI is InChI=1S/C12H17BrOS/c1-3-12(4-2)9(6-11(12)14)10-5-8(13)7-15-10/h5,7,9,11,14H,3-4,6H2,1-2H3. The molecule has 1 nitrogen and oxygen atoms in total. The number of aliphatic hydroxyl groups is 1. The van der Waals surface area contributed by atoms with Crippen molar-refractivity contribution >= 4 is 27.3 Å². The maximum atomic E-state index is 9.99.